The van der Waals surface area contributed by atoms with E-state index in [9.17, 15) is 16.8 Å². The van der Waals surface area contributed by atoms with Gasteiger partial charge in [-0.3, -0.25) is 13.4 Å². The Bertz CT molecular complexity index is 1150. The van der Waals surface area contributed by atoms with Crippen molar-refractivity contribution < 1.29 is 29.9 Å². The van der Waals surface area contributed by atoms with E-state index in [0.717, 1.165) is 11.1 Å². The monoisotopic (exact) mass is 477 g/mol. The quantitative estimate of drug-likeness (QED) is 0.410. The second-order valence-corrected chi connectivity index (χ2v) is 10.3. The van der Waals surface area contributed by atoms with Crippen molar-refractivity contribution in [3.05, 3.63) is 84.2 Å². The van der Waals surface area contributed by atoms with Crippen LogP contribution in [0.4, 0.5) is 0 Å². The lowest BCUT2D eigenvalue weighted by atomic mass is 10.2. The van der Waals surface area contributed by atoms with Gasteiger partial charge < -0.3 is 4.74 Å². The highest BCUT2D eigenvalue weighted by Crippen LogP contribution is 2.18. The molecule has 0 spiro atoms. The van der Waals surface area contributed by atoms with E-state index in [2.05, 4.69) is 4.98 Å². The van der Waals surface area contributed by atoms with Gasteiger partial charge in [-0.1, -0.05) is 35.4 Å². The maximum Gasteiger partial charge on any atom is 0.297 e. The SMILES string of the molecule is Cc1ccc(S(=O)(=O)OCC(COS(=O)(=O)c2ccc(C)cc2)Oc2cccnc2)cc1. The normalized spacial score (nSPS) is 12.1. The molecule has 0 unspecified atom stereocenters. The van der Waals surface area contributed by atoms with Crippen molar-refractivity contribution in [3.63, 3.8) is 0 Å². The molecule has 0 aliphatic carbocycles. The van der Waals surface area contributed by atoms with Gasteiger partial charge in [0, 0.05) is 6.20 Å². The molecule has 3 rings (SSSR count). The molecule has 0 amide bonds. The van der Waals surface area contributed by atoms with Crippen LogP contribution in [-0.4, -0.2) is 41.1 Å². The number of aromatic nitrogens is 1. The highest BCUT2D eigenvalue weighted by molar-refractivity contribution is 7.87. The molecule has 2 aromatic carbocycles. The van der Waals surface area contributed by atoms with Crippen LogP contribution >= 0.6 is 0 Å². The van der Waals surface area contributed by atoms with Crippen molar-refractivity contribution in [1.82, 2.24) is 4.98 Å². The van der Waals surface area contributed by atoms with Gasteiger partial charge in [-0.15, -0.1) is 0 Å². The summed E-state index contributed by atoms with van der Waals surface area (Å²) < 4.78 is 66.0. The minimum atomic E-state index is -4.08. The van der Waals surface area contributed by atoms with Crippen LogP contribution in [0.15, 0.2) is 82.8 Å². The molecule has 0 saturated heterocycles. The van der Waals surface area contributed by atoms with Crippen molar-refractivity contribution in [2.75, 3.05) is 13.2 Å². The summed E-state index contributed by atoms with van der Waals surface area (Å²) in [6, 6.07) is 15.5. The number of ether oxygens (including phenoxy) is 1. The lowest BCUT2D eigenvalue weighted by Crippen LogP contribution is -2.31. The fraction of sp³-hybridized carbons (Fsp3) is 0.227. The van der Waals surface area contributed by atoms with Crippen LogP contribution in [0.2, 0.25) is 0 Å². The fourth-order valence-corrected chi connectivity index (χ4v) is 4.48. The number of aryl methyl sites for hydroxylation is 2. The molecule has 0 radical (unpaired) electrons. The zero-order valence-corrected chi connectivity index (χ0v) is 19.2. The average Bonchev–Trinajstić information content (AvgIpc) is 2.77. The average molecular weight is 478 g/mol. The van der Waals surface area contributed by atoms with E-state index >= 15 is 0 Å². The second-order valence-electron chi connectivity index (χ2n) is 7.03. The van der Waals surface area contributed by atoms with E-state index in [-0.39, 0.29) is 9.79 Å². The van der Waals surface area contributed by atoms with Gasteiger partial charge in [0.25, 0.3) is 20.2 Å². The third-order valence-electron chi connectivity index (χ3n) is 4.37. The van der Waals surface area contributed by atoms with Gasteiger partial charge in [-0.05, 0) is 50.2 Å². The Labute approximate surface area is 188 Å². The van der Waals surface area contributed by atoms with Crippen LogP contribution < -0.4 is 4.74 Å². The van der Waals surface area contributed by atoms with Gasteiger partial charge in [0.15, 0.2) is 0 Å². The van der Waals surface area contributed by atoms with Crippen LogP contribution in [0.3, 0.4) is 0 Å². The molecule has 1 heterocycles. The largest absolute Gasteiger partial charge is 0.484 e. The summed E-state index contributed by atoms with van der Waals surface area (Å²) in [4.78, 5) is 3.89. The minimum Gasteiger partial charge on any atom is -0.484 e. The number of hydrogen-bond acceptors (Lipinski definition) is 8. The molecule has 0 aliphatic rings. The van der Waals surface area contributed by atoms with Gasteiger partial charge in [0.1, 0.15) is 25.1 Å². The third kappa shape index (κ3) is 6.60. The Morgan fingerprint density at radius 2 is 1.22 bits per heavy atom. The van der Waals surface area contributed by atoms with E-state index in [1.807, 2.05) is 13.8 Å². The lowest BCUT2D eigenvalue weighted by Gasteiger charge is -2.19. The maximum absolute atomic E-state index is 12.5. The zero-order valence-electron chi connectivity index (χ0n) is 17.5. The number of pyridine rings is 1. The molecule has 1 aromatic heterocycles. The summed E-state index contributed by atoms with van der Waals surface area (Å²) in [5.41, 5.74) is 1.80. The van der Waals surface area contributed by atoms with Gasteiger partial charge in [0.2, 0.25) is 0 Å². The van der Waals surface area contributed by atoms with E-state index in [0.29, 0.717) is 5.75 Å². The molecule has 3 aromatic rings. The van der Waals surface area contributed by atoms with Crippen LogP contribution in [0.1, 0.15) is 11.1 Å². The predicted molar refractivity (Wildman–Crippen MR) is 117 cm³/mol. The first-order valence-corrected chi connectivity index (χ1v) is 12.5. The number of benzene rings is 2. The first kappa shape index (κ1) is 23.9. The van der Waals surface area contributed by atoms with Gasteiger partial charge in [0.05, 0.1) is 16.0 Å². The predicted octanol–water partition coefficient (Wildman–Crippen LogP) is 3.26. The lowest BCUT2D eigenvalue weighted by molar-refractivity contribution is 0.0858. The van der Waals surface area contributed by atoms with Crippen molar-refractivity contribution in [3.8, 4) is 5.75 Å². The summed E-state index contributed by atoms with van der Waals surface area (Å²) in [6.07, 6.45) is 1.91. The van der Waals surface area contributed by atoms with Gasteiger partial charge in [-0.2, -0.15) is 16.8 Å². The number of hydrogen-bond donors (Lipinski definition) is 0. The van der Waals surface area contributed by atoms with E-state index in [1.165, 1.54) is 30.5 Å². The molecule has 10 heteroatoms. The Kier molecular flexibility index (Phi) is 7.62. The molecular weight excluding hydrogens is 454 g/mol. The molecule has 0 fully saturated rings. The highest BCUT2D eigenvalue weighted by Gasteiger charge is 2.23. The second kappa shape index (κ2) is 10.2. The third-order valence-corrected chi connectivity index (χ3v) is 6.97. The summed E-state index contributed by atoms with van der Waals surface area (Å²) in [5, 5.41) is 0. The molecular formula is C22H23NO7S2. The van der Waals surface area contributed by atoms with Gasteiger partial charge >= 0.3 is 0 Å². The molecule has 0 aliphatic heterocycles. The molecule has 32 heavy (non-hydrogen) atoms. The molecule has 0 atom stereocenters. The van der Waals surface area contributed by atoms with Gasteiger partial charge in [-0.25, -0.2) is 0 Å². The van der Waals surface area contributed by atoms with Crippen molar-refractivity contribution in [1.29, 1.82) is 0 Å². The van der Waals surface area contributed by atoms with Crippen LogP contribution in [0.25, 0.3) is 0 Å². The molecule has 0 N–H and O–H groups in total. The van der Waals surface area contributed by atoms with E-state index in [4.69, 9.17) is 13.1 Å². The summed E-state index contributed by atoms with van der Waals surface area (Å²) in [7, 11) is -8.15. The van der Waals surface area contributed by atoms with Crippen LogP contribution in [0.5, 0.6) is 5.75 Å². The molecule has 170 valence electrons. The summed E-state index contributed by atoms with van der Waals surface area (Å²) in [5.74, 6) is 0.310. The van der Waals surface area contributed by atoms with Crippen LogP contribution in [-0.2, 0) is 28.6 Å². The first-order valence-electron chi connectivity index (χ1n) is 9.65. The Morgan fingerprint density at radius 3 is 1.62 bits per heavy atom. The van der Waals surface area contributed by atoms with E-state index < -0.39 is 39.6 Å². The molecule has 0 saturated carbocycles. The van der Waals surface area contributed by atoms with Crippen LogP contribution in [0, 0.1) is 13.8 Å². The Hall–Kier alpha value is -2.79. The number of nitrogens with zero attached hydrogens (tertiary/aromatic N) is 1. The summed E-state index contributed by atoms with van der Waals surface area (Å²) in [6.45, 7) is 2.74. The van der Waals surface area contributed by atoms with Crippen molar-refractivity contribution in [2.24, 2.45) is 0 Å². The topological polar surface area (TPSA) is 109 Å². The molecule has 0 bridgehead atoms. The highest BCUT2D eigenvalue weighted by atomic mass is 32.2. The van der Waals surface area contributed by atoms with E-state index in [1.54, 1.807) is 42.6 Å². The smallest absolute Gasteiger partial charge is 0.297 e. The first-order chi connectivity index (χ1) is 15.2. The maximum atomic E-state index is 12.5. The van der Waals surface area contributed by atoms with Crippen molar-refractivity contribution in [2.45, 2.75) is 29.7 Å². The summed E-state index contributed by atoms with van der Waals surface area (Å²) >= 11 is 0. The zero-order chi connectivity index (χ0) is 23.2. The Morgan fingerprint density at radius 1 is 0.750 bits per heavy atom. The standard InChI is InChI=1S/C22H23NO7S2/c1-17-5-9-21(10-6-17)31(24,25)28-15-20(30-19-4-3-13-23-14-19)16-29-32(26,27)22-11-7-18(2)8-12-22/h3-14,20H,15-16H2,1-2H3. The number of rotatable bonds is 10. The Balaban J connectivity index is 1.73. The fourth-order valence-electron chi connectivity index (χ4n) is 2.60. The molecule has 8 nitrogen and oxygen atoms in total. The van der Waals surface area contributed by atoms with Crippen molar-refractivity contribution >= 4 is 20.2 Å². The minimum absolute atomic E-state index is 0.0172.